The van der Waals surface area contributed by atoms with E-state index in [-0.39, 0.29) is 5.78 Å². The van der Waals surface area contributed by atoms with Crippen LogP contribution in [0.2, 0.25) is 0 Å². The van der Waals surface area contributed by atoms with Crippen molar-refractivity contribution in [2.24, 2.45) is 0 Å². The van der Waals surface area contributed by atoms with E-state index in [1.165, 1.54) is 6.92 Å². The Labute approximate surface area is 54.4 Å². The highest BCUT2D eigenvalue weighted by molar-refractivity contribution is 6.00. The lowest BCUT2D eigenvalue weighted by Crippen LogP contribution is -2.47. The van der Waals surface area contributed by atoms with Crippen molar-refractivity contribution in [2.45, 2.75) is 19.4 Å². The first kappa shape index (κ1) is 8.30. The third kappa shape index (κ3) is 1.61. The van der Waals surface area contributed by atoms with Crippen LogP contribution in [0.4, 0.5) is 0 Å². The Morgan fingerprint density at radius 2 is 2.11 bits per heavy atom. The van der Waals surface area contributed by atoms with Crippen LogP contribution >= 0.6 is 0 Å². The Morgan fingerprint density at radius 3 is 2.11 bits per heavy atom. The second-order valence-corrected chi connectivity index (χ2v) is 2.13. The lowest BCUT2D eigenvalue weighted by molar-refractivity contribution is -0.128. The first-order chi connectivity index (χ1) is 4.06. The van der Waals surface area contributed by atoms with E-state index in [1.807, 2.05) is 0 Å². The van der Waals surface area contributed by atoms with Crippen LogP contribution in [0.5, 0.6) is 0 Å². The summed E-state index contributed by atoms with van der Waals surface area (Å²) in [5.41, 5.74) is -0.986. The Bertz CT molecular complexity index is 133. The Kier molecular flexibility index (Phi) is 2.52. The minimum atomic E-state index is -0.986. The van der Waals surface area contributed by atoms with Gasteiger partial charge in [-0.25, -0.2) is 0 Å². The third-order valence-electron chi connectivity index (χ3n) is 1.49. The first-order valence-electron chi connectivity index (χ1n) is 2.73. The van der Waals surface area contributed by atoms with Gasteiger partial charge in [0, 0.05) is 0 Å². The van der Waals surface area contributed by atoms with Gasteiger partial charge >= 0.3 is 0 Å². The lowest BCUT2D eigenvalue weighted by Gasteiger charge is -2.17. The van der Waals surface area contributed by atoms with Crippen molar-refractivity contribution in [3.8, 4) is 0 Å². The molecule has 0 aromatic carbocycles. The first-order valence-corrected chi connectivity index (χ1v) is 2.73. The molecule has 0 amide bonds. The van der Waals surface area contributed by atoms with E-state index in [2.05, 4.69) is 5.32 Å². The van der Waals surface area contributed by atoms with Crippen LogP contribution in [0.25, 0.3) is 0 Å². The molecule has 0 spiro atoms. The standard InChI is InChI=1S/C6H11NO2/c1-5(9)6(2,4-8)7-3/h4,7H,1-3H3. The minimum Gasteiger partial charge on any atom is -0.302 e. The summed E-state index contributed by atoms with van der Waals surface area (Å²) in [5.74, 6) is -0.167. The second-order valence-electron chi connectivity index (χ2n) is 2.13. The molecule has 0 aromatic heterocycles. The van der Waals surface area contributed by atoms with E-state index in [4.69, 9.17) is 0 Å². The van der Waals surface area contributed by atoms with Gasteiger partial charge in [-0.2, -0.15) is 0 Å². The molecule has 0 saturated carbocycles. The third-order valence-corrected chi connectivity index (χ3v) is 1.49. The van der Waals surface area contributed by atoms with Crippen LogP contribution in [0.3, 0.4) is 0 Å². The van der Waals surface area contributed by atoms with Crippen LogP contribution in [0.1, 0.15) is 13.8 Å². The maximum Gasteiger partial charge on any atom is 0.156 e. The molecule has 52 valence electrons. The zero-order chi connectivity index (χ0) is 7.49. The Hall–Kier alpha value is -0.700. The molecular weight excluding hydrogens is 118 g/mol. The van der Waals surface area contributed by atoms with Gasteiger partial charge < -0.3 is 10.1 Å². The topological polar surface area (TPSA) is 46.2 Å². The van der Waals surface area contributed by atoms with Gasteiger partial charge in [0.2, 0.25) is 0 Å². The monoisotopic (exact) mass is 129 g/mol. The molecule has 0 rings (SSSR count). The second kappa shape index (κ2) is 2.73. The maximum atomic E-state index is 10.6. The predicted octanol–water partition coefficient (Wildman–Crippen LogP) is -0.248. The smallest absolute Gasteiger partial charge is 0.156 e. The predicted molar refractivity (Wildman–Crippen MR) is 34.2 cm³/mol. The highest BCUT2D eigenvalue weighted by atomic mass is 16.1. The molecule has 0 saturated heterocycles. The molecule has 1 unspecified atom stereocenters. The van der Waals surface area contributed by atoms with Crippen molar-refractivity contribution in [3.05, 3.63) is 0 Å². The van der Waals surface area contributed by atoms with Crippen LogP contribution in [0, 0.1) is 0 Å². The van der Waals surface area contributed by atoms with E-state index in [9.17, 15) is 9.59 Å². The number of carbonyl (C=O) groups is 2. The van der Waals surface area contributed by atoms with Gasteiger partial charge in [0.1, 0.15) is 11.8 Å². The average molecular weight is 129 g/mol. The van der Waals surface area contributed by atoms with E-state index >= 15 is 0 Å². The summed E-state index contributed by atoms with van der Waals surface area (Å²) < 4.78 is 0. The van der Waals surface area contributed by atoms with Gasteiger partial charge in [-0.05, 0) is 20.9 Å². The molecule has 0 aromatic rings. The molecule has 3 nitrogen and oxygen atoms in total. The summed E-state index contributed by atoms with van der Waals surface area (Å²) in [6.45, 7) is 2.92. The minimum absolute atomic E-state index is 0.167. The molecule has 0 heterocycles. The highest BCUT2D eigenvalue weighted by Crippen LogP contribution is 1.97. The number of likely N-dealkylation sites (N-methyl/N-ethyl adjacent to an activating group) is 1. The molecule has 3 heteroatoms. The summed E-state index contributed by atoms with van der Waals surface area (Å²) in [6.07, 6.45) is 0.606. The number of Topliss-reactive ketones (excluding diaryl/α,β-unsaturated/α-hetero) is 1. The summed E-state index contributed by atoms with van der Waals surface area (Å²) in [7, 11) is 1.58. The van der Waals surface area contributed by atoms with E-state index in [0.717, 1.165) is 0 Å². The van der Waals surface area contributed by atoms with E-state index in [1.54, 1.807) is 14.0 Å². The number of nitrogens with one attached hydrogen (secondary N) is 1. The van der Waals surface area contributed by atoms with E-state index in [0.29, 0.717) is 6.29 Å². The zero-order valence-electron chi connectivity index (χ0n) is 5.89. The van der Waals surface area contributed by atoms with Crippen LogP contribution < -0.4 is 5.32 Å². The largest absolute Gasteiger partial charge is 0.302 e. The van der Waals surface area contributed by atoms with Gasteiger partial charge in [0.25, 0.3) is 0 Å². The Morgan fingerprint density at radius 1 is 1.67 bits per heavy atom. The van der Waals surface area contributed by atoms with Crippen molar-refractivity contribution in [1.29, 1.82) is 0 Å². The fourth-order valence-electron chi connectivity index (χ4n) is 0.318. The van der Waals surface area contributed by atoms with E-state index < -0.39 is 5.54 Å². The zero-order valence-corrected chi connectivity index (χ0v) is 5.89. The number of ketones is 1. The molecule has 0 radical (unpaired) electrons. The maximum absolute atomic E-state index is 10.6. The fourth-order valence-corrected chi connectivity index (χ4v) is 0.318. The summed E-state index contributed by atoms with van der Waals surface area (Å²) in [6, 6.07) is 0. The van der Waals surface area contributed by atoms with Crippen LogP contribution in [-0.4, -0.2) is 24.7 Å². The van der Waals surface area contributed by atoms with Gasteiger partial charge in [0.15, 0.2) is 5.78 Å². The van der Waals surface area contributed by atoms with Crippen molar-refractivity contribution in [1.82, 2.24) is 5.32 Å². The normalized spacial score (nSPS) is 16.3. The Balaban J connectivity index is 4.27. The summed E-state index contributed by atoms with van der Waals surface area (Å²) >= 11 is 0. The van der Waals surface area contributed by atoms with Crippen LogP contribution in [0.15, 0.2) is 0 Å². The average Bonchev–Trinajstić information content (AvgIpc) is 1.86. The molecule has 1 atom stereocenters. The highest BCUT2D eigenvalue weighted by Gasteiger charge is 2.26. The van der Waals surface area contributed by atoms with Crippen molar-refractivity contribution >= 4 is 12.1 Å². The van der Waals surface area contributed by atoms with Gasteiger partial charge in [-0.15, -0.1) is 0 Å². The molecule has 9 heavy (non-hydrogen) atoms. The number of aldehydes is 1. The number of rotatable bonds is 3. The number of hydrogen-bond acceptors (Lipinski definition) is 3. The van der Waals surface area contributed by atoms with Crippen molar-refractivity contribution in [3.63, 3.8) is 0 Å². The molecular formula is C6H11NO2. The molecule has 1 N–H and O–H groups in total. The summed E-state index contributed by atoms with van der Waals surface area (Å²) in [5, 5.41) is 2.61. The number of carbonyl (C=O) groups excluding carboxylic acids is 2. The molecule has 0 aliphatic heterocycles. The van der Waals surface area contributed by atoms with Crippen molar-refractivity contribution in [2.75, 3.05) is 7.05 Å². The quantitative estimate of drug-likeness (QED) is 0.422. The molecule has 0 fully saturated rings. The molecule has 0 aliphatic carbocycles. The van der Waals surface area contributed by atoms with Crippen molar-refractivity contribution < 1.29 is 9.59 Å². The molecule has 0 aliphatic rings. The van der Waals surface area contributed by atoms with Crippen LogP contribution in [-0.2, 0) is 9.59 Å². The van der Waals surface area contributed by atoms with Gasteiger partial charge in [-0.3, -0.25) is 4.79 Å². The lowest BCUT2D eigenvalue weighted by atomic mass is 10.0. The van der Waals surface area contributed by atoms with Gasteiger partial charge in [0.05, 0.1) is 0 Å². The number of hydrogen-bond donors (Lipinski definition) is 1. The SMILES string of the molecule is CNC(C)(C=O)C(C)=O. The molecule has 0 bridgehead atoms. The fraction of sp³-hybridized carbons (Fsp3) is 0.667. The summed E-state index contributed by atoms with van der Waals surface area (Å²) in [4.78, 5) is 20.8. The van der Waals surface area contributed by atoms with Gasteiger partial charge in [-0.1, -0.05) is 0 Å².